The predicted octanol–water partition coefficient (Wildman–Crippen LogP) is 4.12. The van der Waals surface area contributed by atoms with Gasteiger partial charge in [-0.15, -0.1) is 0 Å². The summed E-state index contributed by atoms with van der Waals surface area (Å²) in [6.45, 7) is 2.07. The number of halogens is 2. The summed E-state index contributed by atoms with van der Waals surface area (Å²) in [5.74, 6) is -0.609. The third kappa shape index (κ3) is 4.43. The Morgan fingerprint density at radius 2 is 2.05 bits per heavy atom. The Hall–Kier alpha value is -2.13. The van der Waals surface area contributed by atoms with Crippen LogP contribution in [0.15, 0.2) is 48.5 Å². The summed E-state index contributed by atoms with van der Waals surface area (Å²) in [7, 11) is 0. The van der Waals surface area contributed by atoms with Crippen molar-refractivity contribution in [3.05, 3.63) is 76.1 Å². The SMILES string of the molecule is Cc1ccc(/C=C/C(=O)NCc2ccccc2F)cc1Cl. The second-order valence-corrected chi connectivity index (χ2v) is 5.06. The van der Waals surface area contributed by atoms with Gasteiger partial charge in [0.1, 0.15) is 5.82 Å². The third-order valence-electron chi connectivity index (χ3n) is 3.03. The summed E-state index contributed by atoms with van der Waals surface area (Å²) in [5, 5.41) is 3.29. The van der Waals surface area contributed by atoms with E-state index in [-0.39, 0.29) is 18.3 Å². The molecule has 0 atom stereocenters. The Kier molecular flexibility index (Phi) is 5.12. The van der Waals surface area contributed by atoms with Crippen molar-refractivity contribution in [2.75, 3.05) is 0 Å². The van der Waals surface area contributed by atoms with Crippen LogP contribution in [0.25, 0.3) is 6.08 Å². The van der Waals surface area contributed by atoms with Crippen LogP contribution in [0.1, 0.15) is 16.7 Å². The fraction of sp³-hybridized carbons (Fsp3) is 0.118. The number of benzene rings is 2. The van der Waals surface area contributed by atoms with Gasteiger partial charge in [0, 0.05) is 23.2 Å². The molecule has 0 unspecified atom stereocenters. The summed E-state index contributed by atoms with van der Waals surface area (Å²) < 4.78 is 13.4. The van der Waals surface area contributed by atoms with E-state index < -0.39 is 0 Å². The molecule has 0 fully saturated rings. The van der Waals surface area contributed by atoms with E-state index in [1.54, 1.807) is 30.3 Å². The lowest BCUT2D eigenvalue weighted by Gasteiger charge is -2.03. The van der Waals surface area contributed by atoms with E-state index >= 15 is 0 Å². The van der Waals surface area contributed by atoms with E-state index in [0.29, 0.717) is 10.6 Å². The Morgan fingerprint density at radius 3 is 2.76 bits per heavy atom. The van der Waals surface area contributed by atoms with Gasteiger partial charge in [-0.25, -0.2) is 4.39 Å². The van der Waals surface area contributed by atoms with E-state index in [1.807, 2.05) is 19.1 Å². The molecule has 0 aromatic heterocycles. The molecule has 1 N–H and O–H groups in total. The third-order valence-corrected chi connectivity index (χ3v) is 3.44. The van der Waals surface area contributed by atoms with Crippen LogP contribution in [-0.4, -0.2) is 5.91 Å². The van der Waals surface area contributed by atoms with Crippen molar-refractivity contribution in [3.8, 4) is 0 Å². The van der Waals surface area contributed by atoms with Gasteiger partial charge in [0.25, 0.3) is 0 Å². The highest BCUT2D eigenvalue weighted by molar-refractivity contribution is 6.31. The molecule has 1 amide bonds. The minimum absolute atomic E-state index is 0.157. The van der Waals surface area contributed by atoms with Gasteiger partial charge in [-0.1, -0.05) is 41.9 Å². The maximum atomic E-state index is 13.4. The first kappa shape index (κ1) is 15.3. The maximum absolute atomic E-state index is 13.4. The molecule has 0 aliphatic rings. The molecule has 0 spiro atoms. The molecule has 0 aliphatic carbocycles. The molecule has 0 saturated carbocycles. The molecule has 0 aliphatic heterocycles. The lowest BCUT2D eigenvalue weighted by molar-refractivity contribution is -0.116. The molecule has 0 radical (unpaired) electrons. The van der Waals surface area contributed by atoms with Crippen molar-refractivity contribution in [2.45, 2.75) is 13.5 Å². The number of hydrogen-bond donors (Lipinski definition) is 1. The van der Waals surface area contributed by atoms with Crippen LogP contribution in [0, 0.1) is 12.7 Å². The van der Waals surface area contributed by atoms with E-state index in [1.165, 1.54) is 12.1 Å². The average Bonchev–Trinajstić information content (AvgIpc) is 2.47. The van der Waals surface area contributed by atoms with Crippen LogP contribution in [0.3, 0.4) is 0 Å². The lowest BCUT2D eigenvalue weighted by atomic mass is 10.1. The number of hydrogen-bond acceptors (Lipinski definition) is 1. The van der Waals surface area contributed by atoms with E-state index in [4.69, 9.17) is 11.6 Å². The van der Waals surface area contributed by atoms with Crippen LogP contribution in [-0.2, 0) is 11.3 Å². The number of aryl methyl sites for hydroxylation is 1. The monoisotopic (exact) mass is 303 g/mol. The fourth-order valence-corrected chi connectivity index (χ4v) is 1.96. The normalized spacial score (nSPS) is 10.8. The van der Waals surface area contributed by atoms with E-state index in [9.17, 15) is 9.18 Å². The molecule has 2 rings (SSSR count). The number of amides is 1. The van der Waals surface area contributed by atoms with Gasteiger partial charge in [-0.2, -0.15) is 0 Å². The molecule has 0 heterocycles. The Balaban J connectivity index is 1.94. The van der Waals surface area contributed by atoms with Crippen molar-refractivity contribution in [3.63, 3.8) is 0 Å². The Labute approximate surface area is 128 Å². The first-order valence-electron chi connectivity index (χ1n) is 6.52. The zero-order valence-electron chi connectivity index (χ0n) is 11.6. The smallest absolute Gasteiger partial charge is 0.244 e. The van der Waals surface area contributed by atoms with Crippen LogP contribution >= 0.6 is 11.6 Å². The minimum Gasteiger partial charge on any atom is -0.348 e. The molecular formula is C17H15ClFNO. The molecule has 2 aromatic carbocycles. The maximum Gasteiger partial charge on any atom is 0.244 e. The van der Waals surface area contributed by atoms with Crippen LogP contribution < -0.4 is 5.32 Å². The van der Waals surface area contributed by atoms with Gasteiger partial charge in [0.2, 0.25) is 5.91 Å². The summed E-state index contributed by atoms with van der Waals surface area (Å²) in [5.41, 5.74) is 2.28. The quantitative estimate of drug-likeness (QED) is 0.846. The molecular weight excluding hydrogens is 289 g/mol. The first-order valence-corrected chi connectivity index (χ1v) is 6.89. The highest BCUT2D eigenvalue weighted by atomic mass is 35.5. The summed E-state index contributed by atoms with van der Waals surface area (Å²) >= 11 is 6.01. The lowest BCUT2D eigenvalue weighted by Crippen LogP contribution is -2.20. The van der Waals surface area contributed by atoms with Gasteiger partial charge in [-0.3, -0.25) is 4.79 Å². The van der Waals surface area contributed by atoms with E-state index in [2.05, 4.69) is 5.32 Å². The number of carbonyl (C=O) groups excluding carboxylic acids is 1. The van der Waals surface area contributed by atoms with Crippen LogP contribution in [0.5, 0.6) is 0 Å². The Bertz CT molecular complexity index is 682. The van der Waals surface area contributed by atoms with Crippen molar-refractivity contribution in [1.82, 2.24) is 5.32 Å². The van der Waals surface area contributed by atoms with Gasteiger partial charge in [-0.05, 0) is 36.3 Å². The van der Waals surface area contributed by atoms with Crippen molar-refractivity contribution < 1.29 is 9.18 Å². The molecule has 2 aromatic rings. The van der Waals surface area contributed by atoms with Crippen LogP contribution in [0.2, 0.25) is 5.02 Å². The molecule has 108 valence electrons. The standard InChI is InChI=1S/C17H15ClFNO/c1-12-6-7-13(10-15(12)18)8-9-17(21)20-11-14-4-2-3-5-16(14)19/h2-10H,11H2,1H3,(H,20,21)/b9-8+. The second kappa shape index (κ2) is 7.04. The molecule has 0 bridgehead atoms. The fourth-order valence-electron chi connectivity index (χ4n) is 1.77. The topological polar surface area (TPSA) is 29.1 Å². The number of carbonyl (C=O) groups is 1. The van der Waals surface area contributed by atoms with Gasteiger partial charge in [0.05, 0.1) is 0 Å². The van der Waals surface area contributed by atoms with Crippen molar-refractivity contribution in [1.29, 1.82) is 0 Å². The van der Waals surface area contributed by atoms with Crippen molar-refractivity contribution >= 4 is 23.6 Å². The molecule has 2 nitrogen and oxygen atoms in total. The number of rotatable bonds is 4. The second-order valence-electron chi connectivity index (χ2n) is 4.65. The van der Waals surface area contributed by atoms with Crippen LogP contribution in [0.4, 0.5) is 4.39 Å². The molecule has 21 heavy (non-hydrogen) atoms. The van der Waals surface area contributed by atoms with Gasteiger partial charge >= 0.3 is 0 Å². The highest BCUT2D eigenvalue weighted by Gasteiger charge is 2.02. The average molecular weight is 304 g/mol. The van der Waals surface area contributed by atoms with Gasteiger partial charge in [0.15, 0.2) is 0 Å². The molecule has 4 heteroatoms. The first-order chi connectivity index (χ1) is 10.1. The molecule has 0 saturated heterocycles. The van der Waals surface area contributed by atoms with Gasteiger partial charge < -0.3 is 5.32 Å². The van der Waals surface area contributed by atoms with E-state index in [0.717, 1.165) is 11.1 Å². The Morgan fingerprint density at radius 1 is 1.29 bits per heavy atom. The zero-order valence-corrected chi connectivity index (χ0v) is 12.3. The summed E-state index contributed by atoms with van der Waals surface area (Å²) in [6.07, 6.45) is 3.07. The minimum atomic E-state index is -0.327. The van der Waals surface area contributed by atoms with Crippen molar-refractivity contribution in [2.24, 2.45) is 0 Å². The summed E-state index contributed by atoms with van der Waals surface area (Å²) in [4.78, 5) is 11.7. The largest absolute Gasteiger partial charge is 0.348 e. The predicted molar refractivity (Wildman–Crippen MR) is 83.5 cm³/mol. The summed E-state index contributed by atoms with van der Waals surface area (Å²) in [6, 6.07) is 11.9. The number of nitrogens with one attached hydrogen (secondary N) is 1. The highest BCUT2D eigenvalue weighted by Crippen LogP contribution is 2.17. The zero-order chi connectivity index (χ0) is 15.2.